The summed E-state index contributed by atoms with van der Waals surface area (Å²) in [7, 11) is 3.16. The fraction of sp³-hybridized carbons (Fsp3) is 0.333. The number of anilines is 3. The highest BCUT2D eigenvalue weighted by Crippen LogP contribution is 2.37. The summed E-state index contributed by atoms with van der Waals surface area (Å²) in [5.74, 6) is -0.350. The average molecular weight is 472 g/mol. The predicted octanol–water partition coefficient (Wildman–Crippen LogP) is 1.96. The van der Waals surface area contributed by atoms with Crippen LogP contribution in [0, 0.1) is 0 Å². The third-order valence-electron chi connectivity index (χ3n) is 5.01. The lowest BCUT2D eigenvalue weighted by atomic mass is 10.00. The van der Waals surface area contributed by atoms with Gasteiger partial charge in [-0.05, 0) is 19.1 Å². The predicted molar refractivity (Wildman–Crippen MR) is 122 cm³/mol. The van der Waals surface area contributed by atoms with Gasteiger partial charge in [0.2, 0.25) is 0 Å². The number of urea groups is 1. The van der Waals surface area contributed by atoms with Crippen molar-refractivity contribution in [3.8, 4) is 17.1 Å². The smallest absolute Gasteiger partial charge is 0.323 e. The molecule has 1 aromatic carbocycles. The van der Waals surface area contributed by atoms with E-state index in [9.17, 15) is 14.0 Å². The van der Waals surface area contributed by atoms with Crippen molar-refractivity contribution < 1.29 is 22.8 Å². The number of alkyl halides is 1. The molecule has 4 rings (SSSR count). The minimum Gasteiger partial charge on any atom is -0.494 e. The fourth-order valence-corrected chi connectivity index (χ4v) is 3.50. The van der Waals surface area contributed by atoms with Crippen LogP contribution in [0.2, 0.25) is 0 Å². The van der Waals surface area contributed by atoms with Crippen LogP contribution >= 0.6 is 0 Å². The van der Waals surface area contributed by atoms with Crippen molar-refractivity contribution in [1.29, 1.82) is 0 Å². The summed E-state index contributed by atoms with van der Waals surface area (Å²) in [5, 5.41) is 19.3. The normalized spacial score (nSPS) is 15.9. The van der Waals surface area contributed by atoms with Gasteiger partial charge < -0.3 is 20.3 Å². The molecular formula is C21H24FN9O3. The minimum absolute atomic E-state index is 0.0235. The van der Waals surface area contributed by atoms with Crippen LogP contribution in [-0.2, 0) is 7.05 Å². The number of aryl methyl sites for hydroxylation is 1. The number of hydrogen-bond acceptors (Lipinski definition) is 8. The van der Waals surface area contributed by atoms with E-state index >= 15 is 0 Å². The molecule has 0 radical (unpaired) electrons. The lowest BCUT2D eigenvalue weighted by Crippen LogP contribution is -2.60. The van der Waals surface area contributed by atoms with Gasteiger partial charge in [-0.2, -0.15) is 5.10 Å². The Morgan fingerprint density at radius 3 is 2.71 bits per heavy atom. The molecule has 1 fully saturated rings. The number of methoxy groups -OCH3 is 1. The van der Waals surface area contributed by atoms with Crippen LogP contribution in [0.25, 0.3) is 11.4 Å². The summed E-state index contributed by atoms with van der Waals surface area (Å²) in [6.45, 7) is -1.55. The maximum absolute atomic E-state index is 13.8. The van der Waals surface area contributed by atoms with E-state index in [1.165, 1.54) is 36.0 Å². The van der Waals surface area contributed by atoms with Crippen molar-refractivity contribution in [3.63, 3.8) is 0 Å². The van der Waals surface area contributed by atoms with Gasteiger partial charge in [0.25, 0.3) is 5.91 Å². The molecule has 0 unspecified atom stereocenters. The second kappa shape index (κ2) is 8.92. The van der Waals surface area contributed by atoms with Crippen LogP contribution in [0.3, 0.4) is 0 Å². The average Bonchev–Trinajstić information content (AvgIpc) is 3.22. The molecule has 0 aliphatic carbocycles. The van der Waals surface area contributed by atoms with Crippen LogP contribution < -0.4 is 20.7 Å². The zero-order valence-corrected chi connectivity index (χ0v) is 18.6. The number of benzene rings is 1. The Morgan fingerprint density at radius 1 is 1.26 bits per heavy atom. The molecule has 3 N–H and O–H groups in total. The Bertz CT molecular complexity index is 1340. The lowest BCUT2D eigenvalue weighted by Gasteiger charge is -2.41. The van der Waals surface area contributed by atoms with Gasteiger partial charge in [-0.3, -0.25) is 14.8 Å². The van der Waals surface area contributed by atoms with E-state index in [4.69, 9.17) is 8.85 Å². The largest absolute Gasteiger partial charge is 0.494 e. The van der Waals surface area contributed by atoms with Gasteiger partial charge in [0.1, 0.15) is 12.0 Å². The zero-order chi connectivity index (χ0) is 27.0. The van der Waals surface area contributed by atoms with E-state index in [2.05, 4.69) is 30.9 Å². The molecule has 3 amide bonds. The Morgan fingerprint density at radius 2 is 2.06 bits per heavy atom. The number of carbonyl (C=O) groups excluding carboxylic acids is 2. The summed E-state index contributed by atoms with van der Waals surface area (Å²) in [5.41, 5.74) is -0.870. The molecule has 1 saturated heterocycles. The van der Waals surface area contributed by atoms with Crippen LogP contribution in [-0.4, -0.2) is 74.6 Å². The first-order valence-corrected chi connectivity index (χ1v) is 10.1. The molecule has 0 bridgehead atoms. The molecule has 0 spiro atoms. The maximum Gasteiger partial charge on any atom is 0.323 e. The van der Waals surface area contributed by atoms with Crippen LogP contribution in [0.5, 0.6) is 5.75 Å². The van der Waals surface area contributed by atoms with Gasteiger partial charge in [-0.25, -0.2) is 14.2 Å². The topological polar surface area (TPSA) is 139 Å². The number of hydrogen-bond donors (Lipinski definition) is 3. The van der Waals surface area contributed by atoms with Crippen molar-refractivity contribution in [2.24, 2.45) is 7.05 Å². The lowest BCUT2D eigenvalue weighted by molar-refractivity contribution is 0.0144. The second-order valence-corrected chi connectivity index (χ2v) is 7.90. The Kier molecular flexibility index (Phi) is 5.04. The molecule has 3 heterocycles. The molecule has 13 heteroatoms. The van der Waals surface area contributed by atoms with Gasteiger partial charge >= 0.3 is 6.03 Å². The molecule has 0 saturated carbocycles. The number of para-hydroxylation sites is 1. The monoisotopic (exact) mass is 472 g/mol. The summed E-state index contributed by atoms with van der Waals surface area (Å²) in [4.78, 5) is 30.6. The number of nitrogens with one attached hydrogen (secondary N) is 3. The van der Waals surface area contributed by atoms with Gasteiger partial charge in [-0.15, -0.1) is 10.2 Å². The zero-order valence-electron chi connectivity index (χ0n) is 21.6. The highest BCUT2D eigenvalue weighted by Gasteiger charge is 2.41. The van der Waals surface area contributed by atoms with Crippen molar-refractivity contribution in [2.75, 3.05) is 37.8 Å². The summed E-state index contributed by atoms with van der Waals surface area (Å²) < 4.78 is 42.9. The molecule has 1 aliphatic heterocycles. The molecule has 0 atom stereocenters. The SMILES string of the molecule is [2H]C([2H])([2H])NC(=O)c1nnc(NC(=O)N2CC(C)(F)C2)cc1Nc1cccc(-c2ncn(C)n2)c1OC. The number of ether oxygens (including phenoxy) is 1. The Balaban J connectivity index is 1.68. The Hall–Kier alpha value is -4.29. The van der Waals surface area contributed by atoms with Crippen LogP contribution in [0.15, 0.2) is 30.6 Å². The van der Waals surface area contributed by atoms with Crippen molar-refractivity contribution in [1.82, 2.24) is 35.2 Å². The van der Waals surface area contributed by atoms with Crippen LogP contribution in [0.1, 0.15) is 21.5 Å². The number of amides is 3. The number of rotatable bonds is 6. The second-order valence-electron chi connectivity index (χ2n) is 7.90. The van der Waals surface area contributed by atoms with E-state index < -0.39 is 24.6 Å². The van der Waals surface area contributed by atoms with Crippen molar-refractivity contribution in [3.05, 3.63) is 36.3 Å². The standard InChI is InChI=1S/C21H24FN9O3/c1-21(22)9-31(10-21)20(33)26-15-8-14(16(28-27-15)19(32)23-2)25-13-7-5-6-12(17(13)34-4)18-24-11-30(3)29-18/h5-8,11H,9-10H2,1-4H3,(H,23,32)(H2,25,26,27,33)/i2D3. The number of nitrogens with zero attached hydrogens (tertiary/aromatic N) is 6. The first-order chi connectivity index (χ1) is 17.3. The van der Waals surface area contributed by atoms with Crippen LogP contribution in [0.4, 0.5) is 26.4 Å². The number of carbonyl (C=O) groups is 2. The summed E-state index contributed by atoms with van der Waals surface area (Å²) in [6.07, 6.45) is 1.53. The first-order valence-electron chi connectivity index (χ1n) is 11.6. The molecule has 178 valence electrons. The molecule has 12 nitrogen and oxygen atoms in total. The number of likely N-dealkylation sites (tertiary alicyclic amines) is 1. The van der Waals surface area contributed by atoms with Gasteiger partial charge in [-0.1, -0.05) is 6.07 Å². The van der Waals surface area contributed by atoms with E-state index in [1.54, 1.807) is 25.2 Å². The highest BCUT2D eigenvalue weighted by molar-refractivity contribution is 5.99. The third kappa shape index (κ3) is 4.58. The molecule has 2 aromatic heterocycles. The number of aromatic nitrogens is 5. The molecule has 3 aromatic rings. The van der Waals surface area contributed by atoms with Crippen molar-refractivity contribution >= 4 is 29.1 Å². The summed E-state index contributed by atoms with van der Waals surface area (Å²) >= 11 is 0. The van der Waals surface area contributed by atoms with E-state index in [-0.39, 0.29) is 30.3 Å². The minimum atomic E-state index is -2.78. The van der Waals surface area contributed by atoms with Gasteiger partial charge in [0.15, 0.2) is 23.1 Å². The molecule has 34 heavy (non-hydrogen) atoms. The molecular weight excluding hydrogens is 445 g/mol. The first kappa shape index (κ1) is 19.2. The van der Waals surface area contributed by atoms with E-state index in [0.29, 0.717) is 22.8 Å². The van der Waals surface area contributed by atoms with Gasteiger partial charge in [0.05, 0.1) is 37.1 Å². The Labute approximate surface area is 198 Å². The fourth-order valence-electron chi connectivity index (χ4n) is 3.50. The van der Waals surface area contributed by atoms with Gasteiger partial charge in [0, 0.05) is 24.2 Å². The van der Waals surface area contributed by atoms with E-state index in [0.717, 1.165) is 0 Å². The number of halogens is 1. The third-order valence-corrected chi connectivity index (χ3v) is 5.01. The van der Waals surface area contributed by atoms with Crippen molar-refractivity contribution in [2.45, 2.75) is 12.6 Å². The highest BCUT2D eigenvalue weighted by atomic mass is 19.1. The molecule has 1 aliphatic rings. The quantitative estimate of drug-likeness (QED) is 0.495. The maximum atomic E-state index is 13.8. The van der Waals surface area contributed by atoms with E-state index in [1.807, 2.05) is 5.32 Å². The summed E-state index contributed by atoms with van der Waals surface area (Å²) in [6, 6.07) is 5.80.